The van der Waals surface area contributed by atoms with Crippen molar-refractivity contribution in [2.45, 2.75) is 122 Å². The molecule has 5 aromatic rings. The molecule has 0 fully saturated rings. The minimum absolute atomic E-state index is 0.703. The Morgan fingerprint density at radius 3 is 1.25 bits per heavy atom. The fourth-order valence-electron chi connectivity index (χ4n) is 6.75. The average molecular weight is 973 g/mol. The second kappa shape index (κ2) is 16.8. The number of unbranched alkanes of at least 4 members (excludes halogenated alkanes) is 2. The van der Waals surface area contributed by atoms with Crippen LogP contribution in [0.4, 0.5) is 0 Å². The van der Waals surface area contributed by atoms with E-state index in [1.807, 2.05) is 22.7 Å². The molecule has 0 saturated carbocycles. The van der Waals surface area contributed by atoms with Crippen LogP contribution in [-0.2, 0) is 12.8 Å². The van der Waals surface area contributed by atoms with Gasteiger partial charge in [-0.1, -0.05) is 13.8 Å². The summed E-state index contributed by atoms with van der Waals surface area (Å²) in [4.78, 5) is 20.9. The maximum atomic E-state index is 7.14. The summed E-state index contributed by atoms with van der Waals surface area (Å²) in [7, 11) is 0. The molecule has 0 radical (unpaired) electrons. The summed E-state index contributed by atoms with van der Waals surface area (Å²) in [5.74, 6) is 1.41. The van der Waals surface area contributed by atoms with Crippen molar-refractivity contribution in [3.63, 3.8) is 0 Å². The second-order valence-corrected chi connectivity index (χ2v) is 52.0. The zero-order valence-electron chi connectivity index (χ0n) is 30.9. The van der Waals surface area contributed by atoms with E-state index in [1.54, 1.807) is 5.79 Å². The fourth-order valence-corrected chi connectivity index (χ4v) is 23.0. The monoisotopic (exact) mass is 974 g/mol. The molecule has 0 N–H and O–H groups in total. The molecule has 0 aliphatic carbocycles. The Bertz CT molecular complexity index is 1660. The first-order valence-electron chi connectivity index (χ1n) is 18.3. The molecule has 1 aromatic carbocycles. The third-order valence-corrected chi connectivity index (χ3v) is 34.4. The van der Waals surface area contributed by atoms with Crippen LogP contribution in [0.2, 0.25) is 39.7 Å². The van der Waals surface area contributed by atoms with Crippen LogP contribution in [0.15, 0.2) is 24.3 Å². The Morgan fingerprint density at radius 1 is 0.562 bits per heavy atom. The van der Waals surface area contributed by atoms with Crippen LogP contribution < -0.4 is 5.79 Å². The van der Waals surface area contributed by atoms with E-state index in [2.05, 4.69) is 104 Å². The summed E-state index contributed by atoms with van der Waals surface area (Å²) in [6.07, 6.45) is 12.3. The summed E-state index contributed by atoms with van der Waals surface area (Å²) in [5, 5.41) is 4.83. The van der Waals surface area contributed by atoms with Gasteiger partial charge in [-0.2, -0.15) is 0 Å². The second-order valence-electron chi connectivity index (χ2n) is 16.0. The molecule has 0 nitrogen and oxygen atoms in total. The maximum absolute atomic E-state index is 7.14. The first kappa shape index (κ1) is 39.9. The van der Waals surface area contributed by atoms with Crippen LogP contribution in [0.5, 0.6) is 0 Å². The van der Waals surface area contributed by atoms with Gasteiger partial charge >= 0.3 is 316 Å². The molecule has 0 spiro atoms. The van der Waals surface area contributed by atoms with E-state index in [0.29, 0.717) is 11.8 Å². The quantitative estimate of drug-likeness (QED) is 0.0865. The van der Waals surface area contributed by atoms with Crippen molar-refractivity contribution in [2.75, 3.05) is 0 Å². The first-order valence-corrected chi connectivity index (χ1v) is 42.3. The van der Waals surface area contributed by atoms with E-state index >= 15 is 0 Å². The van der Waals surface area contributed by atoms with Crippen LogP contribution >= 0.6 is 68.5 Å². The van der Waals surface area contributed by atoms with Crippen LogP contribution in [-0.4, -0.2) is 36.8 Å². The third-order valence-electron chi connectivity index (χ3n) is 9.98. The summed E-state index contributed by atoms with van der Waals surface area (Å²) in [6.45, 7) is 9.30. The number of halogens is 2. The van der Waals surface area contributed by atoms with Crippen molar-refractivity contribution < 1.29 is 0 Å². The fraction of sp³-hybridized carbons (Fsp3) is 0.550. The average Bonchev–Trinajstić information content (AvgIpc) is 3.81. The van der Waals surface area contributed by atoms with Gasteiger partial charge in [-0.15, -0.1) is 0 Å². The van der Waals surface area contributed by atoms with Gasteiger partial charge < -0.3 is 0 Å². The number of rotatable bonds is 16. The molecular weight excluding hydrogens is 917 g/mol. The third kappa shape index (κ3) is 8.90. The number of hydrogen-bond donors (Lipinski definition) is 0. The molecule has 5 rings (SSSR count). The van der Waals surface area contributed by atoms with Gasteiger partial charge in [-0.3, -0.25) is 0 Å². The summed E-state index contributed by atoms with van der Waals surface area (Å²) in [6, 6.07) is 9.87. The zero-order chi connectivity index (χ0) is 35.0. The Morgan fingerprint density at radius 2 is 0.938 bits per heavy atom. The number of benzene rings is 1. The number of thiophene rings is 4. The Labute approximate surface area is 325 Å². The Balaban J connectivity index is 1.76. The molecule has 0 saturated heterocycles. The van der Waals surface area contributed by atoms with E-state index in [9.17, 15) is 0 Å². The summed E-state index contributed by atoms with van der Waals surface area (Å²) < 4.78 is 6.24. The molecular formula is C40H56Cl2S4Sn2. The van der Waals surface area contributed by atoms with E-state index in [4.69, 9.17) is 23.2 Å². The molecule has 2 unspecified atom stereocenters. The van der Waals surface area contributed by atoms with Crippen LogP contribution in [0.25, 0.3) is 41.1 Å². The van der Waals surface area contributed by atoms with Gasteiger partial charge in [0.05, 0.1) is 0 Å². The van der Waals surface area contributed by atoms with Crippen molar-refractivity contribution >= 4 is 131 Å². The van der Waals surface area contributed by atoms with Gasteiger partial charge in [0.2, 0.25) is 0 Å². The first-order chi connectivity index (χ1) is 22.7. The predicted octanol–water partition coefficient (Wildman–Crippen LogP) is 15.5. The molecule has 0 aliphatic heterocycles. The van der Waals surface area contributed by atoms with Crippen molar-refractivity contribution in [3.8, 4) is 20.9 Å². The molecule has 8 heteroatoms. The predicted molar refractivity (Wildman–Crippen MR) is 234 cm³/mol. The number of fused-ring (bicyclic) bond motifs is 2. The summed E-state index contributed by atoms with van der Waals surface area (Å²) >= 11 is 17.6. The molecule has 0 amide bonds. The molecule has 0 bridgehead atoms. The molecule has 48 heavy (non-hydrogen) atoms. The van der Waals surface area contributed by atoms with Gasteiger partial charge in [0.1, 0.15) is 0 Å². The van der Waals surface area contributed by atoms with Crippen molar-refractivity contribution in [3.05, 3.63) is 44.1 Å². The molecule has 4 aromatic heterocycles. The summed E-state index contributed by atoms with van der Waals surface area (Å²) in [5.41, 5.74) is 2.89. The molecule has 4 heterocycles. The standard InChI is InChI=1S/C34H38Cl2S4.6CH3.2Sn/c1-5-9-11-21(7-3)17-27-25(35)19-29(39-27)31-23-13-15-38-34(23)32(24-14-16-37-33(24)31)30-20-26(36)28(40-30)18-22(8-4)12-10-6-2;;;;;;;;/h13-14,19-22H,5-12,17-18H2,1-4H3;6*1H3;;. The minimum atomic E-state index is -2.40. The molecule has 0 aliphatic rings. The molecule has 262 valence electrons. The normalized spacial score (nSPS) is 14.1. The SMILES string of the molecule is CCCCC(CC)Cc1sc(-c2c3c[c]([Sn]([CH3])([CH3])[CH3])sc3c(-c3cc(Cl)c(CC(CC)CCCC)s3)c3c[c]([Sn]([CH3])([CH3])[CH3])sc23)cc1Cl. The van der Waals surface area contributed by atoms with Gasteiger partial charge in [0.15, 0.2) is 0 Å². The topological polar surface area (TPSA) is 0 Å². The number of hydrogen-bond acceptors (Lipinski definition) is 4. The van der Waals surface area contributed by atoms with Crippen molar-refractivity contribution in [2.24, 2.45) is 11.8 Å². The van der Waals surface area contributed by atoms with E-state index < -0.39 is 36.8 Å². The van der Waals surface area contributed by atoms with Gasteiger partial charge in [-0.25, -0.2) is 0 Å². The van der Waals surface area contributed by atoms with Gasteiger partial charge in [-0.05, 0) is 0 Å². The Kier molecular flexibility index (Phi) is 14.0. The van der Waals surface area contributed by atoms with E-state index in [0.717, 1.165) is 22.9 Å². The van der Waals surface area contributed by atoms with Gasteiger partial charge in [0, 0.05) is 0 Å². The zero-order valence-corrected chi connectivity index (χ0v) is 41.4. The Hall–Kier alpha value is 0.717. The van der Waals surface area contributed by atoms with Gasteiger partial charge in [0.25, 0.3) is 0 Å². The van der Waals surface area contributed by atoms with Crippen LogP contribution in [0.3, 0.4) is 0 Å². The van der Waals surface area contributed by atoms with Crippen molar-refractivity contribution in [1.29, 1.82) is 0 Å². The van der Waals surface area contributed by atoms with E-state index in [1.165, 1.54) is 102 Å². The van der Waals surface area contributed by atoms with Crippen LogP contribution in [0, 0.1) is 11.8 Å². The van der Waals surface area contributed by atoms with E-state index in [-0.39, 0.29) is 0 Å². The molecule has 2 atom stereocenters. The van der Waals surface area contributed by atoms with Crippen molar-refractivity contribution in [1.82, 2.24) is 0 Å². The van der Waals surface area contributed by atoms with Crippen LogP contribution in [0.1, 0.15) is 88.8 Å².